The second-order valence-electron chi connectivity index (χ2n) is 4.62. The molecular weight excluding hydrogens is 276 g/mol. The number of aromatic nitrogens is 2. The van der Waals surface area contributed by atoms with E-state index in [1.807, 2.05) is 6.92 Å². The topological polar surface area (TPSA) is 64.9 Å². The smallest absolute Gasteiger partial charge is 0.258 e. The van der Waals surface area contributed by atoms with Gasteiger partial charge in [-0.15, -0.1) is 0 Å². The Hall–Kier alpha value is -2.76. The predicted molar refractivity (Wildman–Crippen MR) is 74.2 cm³/mol. The second-order valence-corrected chi connectivity index (χ2v) is 4.62. The van der Waals surface area contributed by atoms with Gasteiger partial charge in [-0.05, 0) is 42.8 Å². The number of hydrogen-bond acceptors (Lipinski definition) is 4. The number of nitrogen functional groups attached to an aromatic ring is 1. The molecule has 0 aliphatic heterocycles. The van der Waals surface area contributed by atoms with Gasteiger partial charge < -0.3 is 10.3 Å². The number of nitrogens with two attached hydrogens (primary N) is 1. The second kappa shape index (κ2) is 4.97. The minimum Gasteiger partial charge on any atom is -0.396 e. The van der Waals surface area contributed by atoms with Gasteiger partial charge in [0.2, 0.25) is 5.82 Å². The molecular formula is C15H11F2N3O. The van der Waals surface area contributed by atoms with Crippen LogP contribution in [0.1, 0.15) is 5.56 Å². The molecule has 21 heavy (non-hydrogen) atoms. The Bertz CT molecular complexity index is 814. The van der Waals surface area contributed by atoms with E-state index in [4.69, 9.17) is 10.3 Å². The molecule has 1 aromatic heterocycles. The van der Waals surface area contributed by atoms with Gasteiger partial charge in [0.1, 0.15) is 11.6 Å². The van der Waals surface area contributed by atoms with Crippen LogP contribution in [0.15, 0.2) is 40.9 Å². The maximum Gasteiger partial charge on any atom is 0.258 e. The summed E-state index contributed by atoms with van der Waals surface area (Å²) in [5, 5.41) is 3.83. The van der Waals surface area contributed by atoms with Crippen molar-refractivity contribution in [2.75, 3.05) is 5.73 Å². The van der Waals surface area contributed by atoms with E-state index in [-0.39, 0.29) is 23.2 Å². The van der Waals surface area contributed by atoms with Gasteiger partial charge in [-0.1, -0.05) is 11.2 Å². The molecule has 0 bridgehead atoms. The molecule has 0 radical (unpaired) electrons. The molecule has 0 unspecified atom stereocenters. The van der Waals surface area contributed by atoms with Crippen LogP contribution >= 0.6 is 0 Å². The summed E-state index contributed by atoms with van der Waals surface area (Å²) in [6.07, 6.45) is 0. The first-order valence-electron chi connectivity index (χ1n) is 6.20. The standard InChI is InChI=1S/C15H11F2N3O/c1-8-2-4-10(16)7-11(8)14-19-15(21-20-14)9-3-5-12(17)13(18)6-9/h2-7H,18H2,1H3. The number of aryl methyl sites for hydroxylation is 1. The molecule has 0 saturated carbocycles. The highest BCUT2D eigenvalue weighted by molar-refractivity contribution is 5.64. The van der Waals surface area contributed by atoms with Crippen LogP contribution in [0, 0.1) is 18.6 Å². The number of anilines is 1. The van der Waals surface area contributed by atoms with Crippen molar-refractivity contribution in [3.63, 3.8) is 0 Å². The maximum absolute atomic E-state index is 13.3. The van der Waals surface area contributed by atoms with Crippen LogP contribution in [0.25, 0.3) is 22.8 Å². The summed E-state index contributed by atoms with van der Waals surface area (Å²) in [7, 11) is 0. The average molecular weight is 287 g/mol. The van der Waals surface area contributed by atoms with E-state index in [1.54, 1.807) is 6.07 Å². The van der Waals surface area contributed by atoms with Crippen LogP contribution in [0.4, 0.5) is 14.5 Å². The zero-order chi connectivity index (χ0) is 15.0. The fraction of sp³-hybridized carbons (Fsp3) is 0.0667. The van der Waals surface area contributed by atoms with Crippen LogP contribution in [0.5, 0.6) is 0 Å². The van der Waals surface area contributed by atoms with Crippen molar-refractivity contribution in [2.24, 2.45) is 0 Å². The summed E-state index contributed by atoms with van der Waals surface area (Å²) in [4.78, 5) is 4.20. The van der Waals surface area contributed by atoms with Crippen molar-refractivity contribution < 1.29 is 13.3 Å². The highest BCUT2D eigenvalue weighted by atomic mass is 19.1. The molecule has 0 aliphatic rings. The van der Waals surface area contributed by atoms with E-state index < -0.39 is 5.82 Å². The minimum absolute atomic E-state index is 0.00538. The van der Waals surface area contributed by atoms with Gasteiger partial charge in [0.25, 0.3) is 5.89 Å². The van der Waals surface area contributed by atoms with E-state index in [0.717, 1.165) is 5.56 Å². The molecule has 2 aromatic carbocycles. The Labute approximate surface area is 119 Å². The molecule has 0 fully saturated rings. The van der Waals surface area contributed by atoms with Crippen molar-refractivity contribution in [2.45, 2.75) is 6.92 Å². The van der Waals surface area contributed by atoms with Crippen molar-refractivity contribution in [1.82, 2.24) is 10.1 Å². The van der Waals surface area contributed by atoms with E-state index in [9.17, 15) is 8.78 Å². The van der Waals surface area contributed by atoms with E-state index in [0.29, 0.717) is 11.1 Å². The maximum atomic E-state index is 13.3. The fourth-order valence-electron chi connectivity index (χ4n) is 1.96. The Kier molecular flexibility index (Phi) is 3.13. The molecule has 1 heterocycles. The molecule has 0 atom stereocenters. The van der Waals surface area contributed by atoms with Gasteiger partial charge in [-0.2, -0.15) is 4.98 Å². The molecule has 0 saturated heterocycles. The molecule has 2 N–H and O–H groups in total. The number of nitrogens with zero attached hydrogens (tertiary/aromatic N) is 2. The van der Waals surface area contributed by atoms with Crippen molar-refractivity contribution in [1.29, 1.82) is 0 Å². The Balaban J connectivity index is 2.03. The summed E-state index contributed by atoms with van der Waals surface area (Å²) < 4.78 is 31.6. The van der Waals surface area contributed by atoms with Crippen molar-refractivity contribution in [3.8, 4) is 22.8 Å². The van der Waals surface area contributed by atoms with Gasteiger partial charge in [-0.25, -0.2) is 8.78 Å². The normalized spacial score (nSPS) is 10.8. The zero-order valence-corrected chi connectivity index (χ0v) is 11.1. The van der Waals surface area contributed by atoms with Crippen molar-refractivity contribution in [3.05, 3.63) is 53.6 Å². The average Bonchev–Trinajstić information content (AvgIpc) is 2.94. The van der Waals surface area contributed by atoms with Crippen molar-refractivity contribution >= 4 is 5.69 Å². The quantitative estimate of drug-likeness (QED) is 0.732. The number of hydrogen-bond donors (Lipinski definition) is 1. The van der Waals surface area contributed by atoms with E-state index in [1.165, 1.54) is 30.3 Å². The van der Waals surface area contributed by atoms with Crippen LogP contribution in [0.2, 0.25) is 0 Å². The Morgan fingerprint density at radius 2 is 1.90 bits per heavy atom. The first kappa shape index (κ1) is 13.2. The minimum atomic E-state index is -0.514. The molecule has 4 nitrogen and oxygen atoms in total. The molecule has 0 spiro atoms. The van der Waals surface area contributed by atoms with Gasteiger partial charge in [0.15, 0.2) is 0 Å². The van der Waals surface area contributed by atoms with Gasteiger partial charge in [0.05, 0.1) is 5.69 Å². The first-order chi connectivity index (χ1) is 10.0. The predicted octanol–water partition coefficient (Wildman–Crippen LogP) is 3.57. The van der Waals surface area contributed by atoms with Gasteiger partial charge in [-0.3, -0.25) is 0 Å². The van der Waals surface area contributed by atoms with Gasteiger partial charge >= 0.3 is 0 Å². The molecule has 0 amide bonds. The lowest BCUT2D eigenvalue weighted by atomic mass is 10.1. The number of halogens is 2. The molecule has 3 aromatic rings. The SMILES string of the molecule is Cc1ccc(F)cc1-c1noc(-c2ccc(F)c(N)c2)n1. The highest BCUT2D eigenvalue weighted by Gasteiger charge is 2.14. The Morgan fingerprint density at radius 1 is 1.10 bits per heavy atom. The van der Waals surface area contributed by atoms with Gasteiger partial charge in [0, 0.05) is 11.1 Å². The Morgan fingerprint density at radius 3 is 2.67 bits per heavy atom. The van der Waals surface area contributed by atoms with E-state index in [2.05, 4.69) is 10.1 Å². The summed E-state index contributed by atoms with van der Waals surface area (Å²) in [6.45, 7) is 1.82. The summed E-state index contributed by atoms with van der Waals surface area (Å²) >= 11 is 0. The third-order valence-corrected chi connectivity index (χ3v) is 3.11. The molecule has 6 heteroatoms. The number of rotatable bonds is 2. The van der Waals surface area contributed by atoms with Crippen LogP contribution < -0.4 is 5.73 Å². The van der Waals surface area contributed by atoms with Crippen LogP contribution in [0.3, 0.4) is 0 Å². The summed E-state index contributed by atoms with van der Waals surface area (Å²) in [6, 6.07) is 8.45. The van der Waals surface area contributed by atoms with E-state index >= 15 is 0 Å². The molecule has 0 aliphatic carbocycles. The summed E-state index contributed by atoms with van der Waals surface area (Å²) in [5.41, 5.74) is 7.37. The third kappa shape index (κ3) is 2.47. The monoisotopic (exact) mass is 287 g/mol. The summed E-state index contributed by atoms with van der Waals surface area (Å²) in [5.74, 6) is -0.433. The molecule has 106 valence electrons. The lowest BCUT2D eigenvalue weighted by molar-refractivity contribution is 0.432. The first-order valence-corrected chi connectivity index (χ1v) is 6.20. The largest absolute Gasteiger partial charge is 0.396 e. The zero-order valence-electron chi connectivity index (χ0n) is 11.1. The third-order valence-electron chi connectivity index (χ3n) is 3.11. The fourth-order valence-corrected chi connectivity index (χ4v) is 1.96. The van der Waals surface area contributed by atoms with Crippen LogP contribution in [-0.4, -0.2) is 10.1 Å². The lowest BCUT2D eigenvalue weighted by Crippen LogP contribution is -1.91. The molecule has 3 rings (SSSR count). The van der Waals surface area contributed by atoms with Crippen LogP contribution in [-0.2, 0) is 0 Å². The highest BCUT2D eigenvalue weighted by Crippen LogP contribution is 2.26. The number of benzene rings is 2. The lowest BCUT2D eigenvalue weighted by Gasteiger charge is -2.00.